The molecule has 0 atom stereocenters. The van der Waals surface area contributed by atoms with Crippen molar-refractivity contribution < 1.29 is 22.7 Å². The van der Waals surface area contributed by atoms with Crippen molar-refractivity contribution >= 4 is 26.8 Å². The van der Waals surface area contributed by atoms with Crippen LogP contribution in [0, 0.1) is 6.92 Å². The largest absolute Gasteiger partial charge is 0.495 e. The minimum Gasteiger partial charge on any atom is -0.495 e. The highest BCUT2D eigenvalue weighted by molar-refractivity contribution is 7.90. The van der Waals surface area contributed by atoms with Crippen molar-refractivity contribution in [3.63, 3.8) is 0 Å². The van der Waals surface area contributed by atoms with Crippen molar-refractivity contribution in [2.75, 3.05) is 7.11 Å². The molecule has 1 N–H and O–H groups in total. The van der Waals surface area contributed by atoms with Crippen LogP contribution in [0.15, 0.2) is 59.6 Å². The minimum atomic E-state index is -4.33. The van der Waals surface area contributed by atoms with E-state index in [9.17, 15) is 13.2 Å². The van der Waals surface area contributed by atoms with E-state index < -0.39 is 21.5 Å². The molecule has 1 aliphatic heterocycles. The van der Waals surface area contributed by atoms with Crippen LogP contribution in [-0.4, -0.2) is 41.8 Å². The molecule has 10 heteroatoms. The second-order valence-corrected chi connectivity index (χ2v) is 10.6. The van der Waals surface area contributed by atoms with Crippen LogP contribution in [0.2, 0.25) is 0 Å². The number of nitrogens with zero attached hydrogens (tertiary/aromatic N) is 3. The number of aryl methyl sites for hydroxylation is 1. The zero-order valence-electron chi connectivity index (χ0n) is 19.7. The van der Waals surface area contributed by atoms with Crippen molar-refractivity contribution in [3.8, 4) is 17.2 Å². The molecule has 5 rings (SSSR count). The Labute approximate surface area is 202 Å². The molecule has 2 aromatic heterocycles. The molecular formula is C25H24N4O5S. The highest BCUT2D eigenvalue weighted by Gasteiger charge is 2.38. The Morgan fingerprint density at radius 3 is 2.66 bits per heavy atom. The first-order valence-corrected chi connectivity index (χ1v) is 12.4. The average Bonchev–Trinajstić information content (AvgIpc) is 3.37. The molecule has 0 aliphatic carbocycles. The molecule has 0 unspecified atom stereocenters. The number of fused-ring (bicyclic) bond motifs is 2. The van der Waals surface area contributed by atoms with Crippen LogP contribution >= 0.6 is 0 Å². The third-order valence-electron chi connectivity index (χ3n) is 5.78. The summed E-state index contributed by atoms with van der Waals surface area (Å²) >= 11 is 0. The van der Waals surface area contributed by atoms with Crippen LogP contribution in [0.3, 0.4) is 0 Å². The third-order valence-corrected chi connectivity index (χ3v) is 7.16. The van der Waals surface area contributed by atoms with Crippen LogP contribution in [0.4, 0.5) is 0 Å². The maximum atomic E-state index is 13.3. The second kappa shape index (κ2) is 8.09. The van der Waals surface area contributed by atoms with Crippen LogP contribution in [-0.2, 0) is 16.4 Å². The van der Waals surface area contributed by atoms with Gasteiger partial charge in [0.2, 0.25) is 0 Å². The minimum absolute atomic E-state index is 0.0392. The average molecular weight is 493 g/mol. The molecule has 180 valence electrons. The van der Waals surface area contributed by atoms with Gasteiger partial charge in [-0.25, -0.2) is 22.8 Å². The van der Waals surface area contributed by atoms with Gasteiger partial charge in [0.05, 0.1) is 24.0 Å². The summed E-state index contributed by atoms with van der Waals surface area (Å²) in [5, 5.41) is 5.20. The summed E-state index contributed by atoms with van der Waals surface area (Å²) in [4.78, 5) is 17.2. The van der Waals surface area contributed by atoms with Crippen molar-refractivity contribution in [2.24, 2.45) is 0 Å². The SMILES string of the molecule is COc1ccc2c(c1S(=O)(=O)NC(=O)c1ccc3c(-n4ccc(C)n4)cccc3n1)OC(C)(C)C2. The fourth-order valence-electron chi connectivity index (χ4n) is 4.26. The molecule has 2 aromatic carbocycles. The molecule has 35 heavy (non-hydrogen) atoms. The topological polar surface area (TPSA) is 112 Å². The summed E-state index contributed by atoms with van der Waals surface area (Å²) < 4.78 is 41.8. The quantitative estimate of drug-likeness (QED) is 0.453. The Kier molecular flexibility index (Phi) is 5.28. The maximum Gasteiger partial charge on any atom is 0.283 e. The zero-order chi connectivity index (χ0) is 25.0. The van der Waals surface area contributed by atoms with E-state index in [1.165, 1.54) is 13.2 Å². The smallest absolute Gasteiger partial charge is 0.283 e. The van der Waals surface area contributed by atoms with Gasteiger partial charge in [0.1, 0.15) is 22.8 Å². The number of methoxy groups -OCH3 is 1. The van der Waals surface area contributed by atoms with Gasteiger partial charge in [-0.1, -0.05) is 12.1 Å². The first kappa shape index (κ1) is 22.9. The lowest BCUT2D eigenvalue weighted by atomic mass is 10.0. The van der Waals surface area contributed by atoms with Gasteiger partial charge in [-0.2, -0.15) is 5.10 Å². The third kappa shape index (κ3) is 4.10. The molecule has 9 nitrogen and oxygen atoms in total. The number of sulfonamides is 1. The Balaban J connectivity index is 1.50. The standard InChI is InChI=1S/C25H24N4O5S/c1-15-12-13-29(27-15)20-7-5-6-18-17(20)9-10-19(26-18)24(30)28-35(31,32)23-21(33-4)11-8-16-14-25(2,3)34-22(16)23/h5-13H,14H2,1-4H3,(H,28,30). The number of rotatable bonds is 5. The van der Waals surface area contributed by atoms with Crippen LogP contribution in [0.1, 0.15) is 35.6 Å². The Morgan fingerprint density at radius 1 is 1.14 bits per heavy atom. The number of hydrogen-bond donors (Lipinski definition) is 1. The number of nitrogens with one attached hydrogen (secondary N) is 1. The van der Waals surface area contributed by atoms with E-state index in [1.807, 2.05) is 39.1 Å². The van der Waals surface area contributed by atoms with Gasteiger partial charge in [0.15, 0.2) is 4.90 Å². The maximum absolute atomic E-state index is 13.3. The van der Waals surface area contributed by atoms with E-state index in [1.54, 1.807) is 35.0 Å². The summed E-state index contributed by atoms with van der Waals surface area (Å²) in [6, 6.07) is 13.9. The Hall–Kier alpha value is -3.92. The molecule has 0 saturated heterocycles. The summed E-state index contributed by atoms with van der Waals surface area (Å²) in [7, 11) is -2.96. The number of benzene rings is 2. The molecule has 4 aromatic rings. The monoisotopic (exact) mass is 492 g/mol. The first-order valence-electron chi connectivity index (χ1n) is 11.0. The summed E-state index contributed by atoms with van der Waals surface area (Å²) in [5.74, 6) is -0.572. The van der Waals surface area contributed by atoms with Crippen molar-refractivity contribution in [3.05, 3.63) is 71.7 Å². The fourth-order valence-corrected chi connectivity index (χ4v) is 5.55. The first-order chi connectivity index (χ1) is 16.6. The van der Waals surface area contributed by atoms with E-state index >= 15 is 0 Å². The fraction of sp³-hybridized carbons (Fsp3) is 0.240. The van der Waals surface area contributed by atoms with E-state index in [2.05, 4.69) is 14.8 Å². The van der Waals surface area contributed by atoms with Gasteiger partial charge in [-0.3, -0.25) is 4.79 Å². The molecule has 1 aliphatic rings. The summed E-state index contributed by atoms with van der Waals surface area (Å²) in [5.41, 5.74) is 2.31. The normalized spacial score (nSPS) is 14.4. The van der Waals surface area contributed by atoms with Crippen LogP contribution in [0.25, 0.3) is 16.6 Å². The van der Waals surface area contributed by atoms with Gasteiger partial charge in [-0.15, -0.1) is 0 Å². The number of amides is 1. The number of pyridine rings is 1. The predicted molar refractivity (Wildman–Crippen MR) is 130 cm³/mol. The molecule has 0 spiro atoms. The van der Waals surface area contributed by atoms with Crippen molar-refractivity contribution in [1.29, 1.82) is 0 Å². The van der Waals surface area contributed by atoms with E-state index in [4.69, 9.17) is 9.47 Å². The van der Waals surface area contributed by atoms with Gasteiger partial charge < -0.3 is 9.47 Å². The van der Waals surface area contributed by atoms with Crippen molar-refractivity contribution in [1.82, 2.24) is 19.5 Å². The molecular weight excluding hydrogens is 468 g/mol. The predicted octanol–water partition coefficient (Wildman–Crippen LogP) is 3.57. The number of carbonyl (C=O) groups excluding carboxylic acids is 1. The van der Waals surface area contributed by atoms with Gasteiger partial charge >= 0.3 is 0 Å². The van der Waals surface area contributed by atoms with E-state index in [0.29, 0.717) is 11.9 Å². The lowest BCUT2D eigenvalue weighted by Crippen LogP contribution is -2.32. The number of carbonyl (C=O) groups is 1. The van der Waals surface area contributed by atoms with Gasteiger partial charge in [-0.05, 0) is 62.7 Å². The number of aromatic nitrogens is 3. The molecule has 1 amide bonds. The summed E-state index contributed by atoms with van der Waals surface area (Å²) in [6.07, 6.45) is 2.37. The Morgan fingerprint density at radius 2 is 1.94 bits per heavy atom. The highest BCUT2D eigenvalue weighted by Crippen LogP contribution is 2.44. The van der Waals surface area contributed by atoms with Crippen LogP contribution in [0.5, 0.6) is 11.5 Å². The molecule has 3 heterocycles. The molecule has 0 saturated carbocycles. The molecule has 0 fully saturated rings. The molecule has 0 bridgehead atoms. The highest BCUT2D eigenvalue weighted by atomic mass is 32.2. The lowest BCUT2D eigenvalue weighted by Gasteiger charge is -2.19. The van der Waals surface area contributed by atoms with E-state index in [-0.39, 0.29) is 22.1 Å². The lowest BCUT2D eigenvalue weighted by molar-refractivity contribution is 0.0977. The van der Waals surface area contributed by atoms with Crippen LogP contribution < -0.4 is 14.2 Å². The van der Waals surface area contributed by atoms with Gasteiger partial charge in [0.25, 0.3) is 15.9 Å². The zero-order valence-corrected chi connectivity index (χ0v) is 20.5. The van der Waals surface area contributed by atoms with Gasteiger partial charge in [0, 0.05) is 18.0 Å². The molecule has 0 radical (unpaired) electrons. The van der Waals surface area contributed by atoms with E-state index in [0.717, 1.165) is 22.3 Å². The summed E-state index contributed by atoms with van der Waals surface area (Å²) in [6.45, 7) is 5.63. The Bertz CT molecular complexity index is 1590. The number of hydrogen-bond acceptors (Lipinski definition) is 7. The second-order valence-electron chi connectivity index (χ2n) is 9.00. The van der Waals surface area contributed by atoms with Crippen molar-refractivity contribution in [2.45, 2.75) is 37.7 Å². The number of ether oxygens (including phenoxy) is 2.